The molecule has 0 amide bonds. The quantitative estimate of drug-likeness (QED) is 0.605. The standard InChI is InChI=1S/C12H17N5/c1-9-3-5-14-11(7-9)12(15-13)8-10-4-6-17(2)16-10/h3-7,12,15H,8,13H2,1-2H3. The van der Waals surface area contributed by atoms with E-state index >= 15 is 0 Å². The maximum Gasteiger partial charge on any atom is 0.0688 e. The normalized spacial score (nSPS) is 12.6. The van der Waals surface area contributed by atoms with Gasteiger partial charge in [0.25, 0.3) is 0 Å². The molecule has 0 saturated heterocycles. The van der Waals surface area contributed by atoms with Gasteiger partial charge < -0.3 is 0 Å². The van der Waals surface area contributed by atoms with Crippen molar-refractivity contribution in [3.05, 3.63) is 47.5 Å². The number of hydrazine groups is 1. The Morgan fingerprint density at radius 1 is 1.47 bits per heavy atom. The van der Waals surface area contributed by atoms with Gasteiger partial charge in [0.05, 0.1) is 17.4 Å². The van der Waals surface area contributed by atoms with Gasteiger partial charge in [-0.15, -0.1) is 0 Å². The first-order valence-electron chi connectivity index (χ1n) is 5.56. The first-order chi connectivity index (χ1) is 8.19. The lowest BCUT2D eigenvalue weighted by atomic mass is 10.1. The highest BCUT2D eigenvalue weighted by Crippen LogP contribution is 2.15. The molecule has 90 valence electrons. The van der Waals surface area contributed by atoms with Crippen LogP contribution in [0.1, 0.15) is 23.0 Å². The van der Waals surface area contributed by atoms with E-state index in [1.165, 1.54) is 5.56 Å². The predicted octanol–water partition coefficient (Wildman–Crippen LogP) is 0.871. The molecule has 0 spiro atoms. The third-order valence-electron chi connectivity index (χ3n) is 2.68. The summed E-state index contributed by atoms with van der Waals surface area (Å²) in [5.74, 6) is 5.58. The topological polar surface area (TPSA) is 68.8 Å². The fourth-order valence-corrected chi connectivity index (χ4v) is 1.78. The Kier molecular flexibility index (Phi) is 3.51. The van der Waals surface area contributed by atoms with Crippen LogP contribution in [0.2, 0.25) is 0 Å². The summed E-state index contributed by atoms with van der Waals surface area (Å²) in [7, 11) is 1.90. The van der Waals surface area contributed by atoms with Crippen molar-refractivity contribution in [2.24, 2.45) is 12.9 Å². The minimum Gasteiger partial charge on any atom is -0.276 e. The lowest BCUT2D eigenvalue weighted by Crippen LogP contribution is -2.30. The number of hydrogen-bond acceptors (Lipinski definition) is 4. The number of nitrogens with two attached hydrogens (primary N) is 1. The van der Waals surface area contributed by atoms with Gasteiger partial charge in [-0.3, -0.25) is 20.9 Å². The average Bonchev–Trinajstić information content (AvgIpc) is 2.72. The van der Waals surface area contributed by atoms with E-state index in [-0.39, 0.29) is 6.04 Å². The molecule has 5 nitrogen and oxygen atoms in total. The van der Waals surface area contributed by atoms with E-state index in [9.17, 15) is 0 Å². The van der Waals surface area contributed by atoms with Crippen molar-refractivity contribution in [1.82, 2.24) is 20.2 Å². The van der Waals surface area contributed by atoms with E-state index in [2.05, 4.69) is 15.5 Å². The minimum atomic E-state index is -0.00944. The molecule has 1 unspecified atom stereocenters. The summed E-state index contributed by atoms with van der Waals surface area (Å²) in [6.45, 7) is 2.04. The molecule has 0 aromatic carbocycles. The zero-order chi connectivity index (χ0) is 12.3. The first kappa shape index (κ1) is 11.8. The third-order valence-corrected chi connectivity index (χ3v) is 2.68. The molecule has 0 aliphatic heterocycles. The Bertz CT molecular complexity index is 491. The van der Waals surface area contributed by atoms with Crippen LogP contribution in [0.25, 0.3) is 0 Å². The Labute approximate surface area is 101 Å². The van der Waals surface area contributed by atoms with E-state index in [4.69, 9.17) is 5.84 Å². The Morgan fingerprint density at radius 3 is 2.88 bits per heavy atom. The molecule has 1 atom stereocenters. The van der Waals surface area contributed by atoms with Crippen molar-refractivity contribution < 1.29 is 0 Å². The molecule has 0 fully saturated rings. The molecular weight excluding hydrogens is 214 g/mol. The monoisotopic (exact) mass is 231 g/mol. The van der Waals surface area contributed by atoms with Crippen molar-refractivity contribution in [2.45, 2.75) is 19.4 Å². The highest BCUT2D eigenvalue weighted by Gasteiger charge is 2.13. The largest absolute Gasteiger partial charge is 0.276 e. The zero-order valence-electron chi connectivity index (χ0n) is 10.1. The molecule has 0 bridgehead atoms. The molecule has 2 aromatic rings. The van der Waals surface area contributed by atoms with Crippen molar-refractivity contribution >= 4 is 0 Å². The van der Waals surface area contributed by atoms with E-state index in [0.717, 1.165) is 17.8 Å². The summed E-state index contributed by atoms with van der Waals surface area (Å²) >= 11 is 0. The number of aromatic nitrogens is 3. The maximum atomic E-state index is 5.58. The SMILES string of the molecule is Cc1ccnc(C(Cc2ccn(C)n2)NN)c1. The van der Waals surface area contributed by atoms with Crippen LogP contribution in [0.15, 0.2) is 30.6 Å². The van der Waals surface area contributed by atoms with Crippen LogP contribution in [0.3, 0.4) is 0 Å². The molecular formula is C12H17N5. The highest BCUT2D eigenvalue weighted by molar-refractivity contribution is 5.18. The van der Waals surface area contributed by atoms with Gasteiger partial charge >= 0.3 is 0 Å². The van der Waals surface area contributed by atoms with Gasteiger partial charge in [0.1, 0.15) is 0 Å². The van der Waals surface area contributed by atoms with E-state index in [0.29, 0.717) is 0 Å². The Balaban J connectivity index is 2.16. The summed E-state index contributed by atoms with van der Waals surface area (Å²) in [6, 6.07) is 5.98. The molecule has 0 aliphatic carbocycles. The molecule has 0 radical (unpaired) electrons. The fraction of sp³-hybridized carbons (Fsp3) is 0.333. The molecule has 2 aromatic heterocycles. The van der Waals surface area contributed by atoms with Crippen molar-refractivity contribution in [1.29, 1.82) is 0 Å². The summed E-state index contributed by atoms with van der Waals surface area (Å²) < 4.78 is 1.78. The van der Waals surface area contributed by atoms with E-state index in [1.807, 2.05) is 38.4 Å². The van der Waals surface area contributed by atoms with Crippen LogP contribution < -0.4 is 11.3 Å². The third kappa shape index (κ3) is 2.89. The molecule has 2 heterocycles. The number of aryl methyl sites for hydroxylation is 2. The number of rotatable bonds is 4. The van der Waals surface area contributed by atoms with Crippen LogP contribution in [0, 0.1) is 6.92 Å². The predicted molar refractivity (Wildman–Crippen MR) is 66.0 cm³/mol. The molecule has 17 heavy (non-hydrogen) atoms. The van der Waals surface area contributed by atoms with Crippen LogP contribution in [0.5, 0.6) is 0 Å². The van der Waals surface area contributed by atoms with Gasteiger partial charge in [-0.2, -0.15) is 5.10 Å². The lowest BCUT2D eigenvalue weighted by molar-refractivity contribution is 0.528. The molecule has 3 N–H and O–H groups in total. The van der Waals surface area contributed by atoms with Crippen molar-refractivity contribution in [2.75, 3.05) is 0 Å². The summed E-state index contributed by atoms with van der Waals surface area (Å²) in [5.41, 5.74) is 5.91. The van der Waals surface area contributed by atoms with Crippen molar-refractivity contribution in [3.63, 3.8) is 0 Å². The Morgan fingerprint density at radius 2 is 2.29 bits per heavy atom. The first-order valence-corrected chi connectivity index (χ1v) is 5.56. The van der Waals surface area contributed by atoms with Crippen LogP contribution in [-0.2, 0) is 13.5 Å². The van der Waals surface area contributed by atoms with Gasteiger partial charge in [0.15, 0.2) is 0 Å². The highest BCUT2D eigenvalue weighted by atomic mass is 15.3. The second-order valence-corrected chi connectivity index (χ2v) is 4.16. The zero-order valence-corrected chi connectivity index (χ0v) is 10.1. The van der Waals surface area contributed by atoms with Gasteiger partial charge in [-0.05, 0) is 30.7 Å². The van der Waals surface area contributed by atoms with Gasteiger partial charge in [-0.1, -0.05) is 0 Å². The molecule has 0 saturated carbocycles. The number of hydrogen-bond donors (Lipinski definition) is 2. The minimum absolute atomic E-state index is 0.00944. The van der Waals surface area contributed by atoms with Crippen molar-refractivity contribution in [3.8, 4) is 0 Å². The van der Waals surface area contributed by atoms with E-state index in [1.54, 1.807) is 10.9 Å². The van der Waals surface area contributed by atoms with E-state index < -0.39 is 0 Å². The van der Waals surface area contributed by atoms with Crippen LogP contribution in [-0.4, -0.2) is 14.8 Å². The maximum absolute atomic E-state index is 5.58. The van der Waals surface area contributed by atoms with Crippen LogP contribution >= 0.6 is 0 Å². The van der Waals surface area contributed by atoms with Gasteiger partial charge in [0, 0.05) is 25.9 Å². The fourth-order valence-electron chi connectivity index (χ4n) is 1.78. The number of nitrogens with zero attached hydrogens (tertiary/aromatic N) is 3. The Hall–Kier alpha value is -1.72. The molecule has 2 rings (SSSR count). The summed E-state index contributed by atoms with van der Waals surface area (Å²) in [5, 5.41) is 4.34. The average molecular weight is 231 g/mol. The van der Waals surface area contributed by atoms with Crippen LogP contribution in [0.4, 0.5) is 0 Å². The number of pyridine rings is 1. The second kappa shape index (κ2) is 5.07. The van der Waals surface area contributed by atoms with Gasteiger partial charge in [-0.25, -0.2) is 0 Å². The smallest absolute Gasteiger partial charge is 0.0688 e. The molecule has 0 aliphatic rings. The summed E-state index contributed by atoms with van der Waals surface area (Å²) in [4.78, 5) is 4.34. The second-order valence-electron chi connectivity index (χ2n) is 4.16. The molecule has 5 heteroatoms. The lowest BCUT2D eigenvalue weighted by Gasteiger charge is -2.14. The number of nitrogens with one attached hydrogen (secondary N) is 1. The summed E-state index contributed by atoms with van der Waals surface area (Å²) in [6.07, 6.45) is 4.45. The van der Waals surface area contributed by atoms with Gasteiger partial charge in [0.2, 0.25) is 0 Å².